The average Bonchev–Trinajstić information content (AvgIpc) is 2.70. The highest BCUT2D eigenvalue weighted by atomic mass is 31.2. The summed E-state index contributed by atoms with van der Waals surface area (Å²) in [4.78, 5) is 11.7. The van der Waals surface area contributed by atoms with Crippen LogP contribution >= 0.6 is 7.75 Å². The van der Waals surface area contributed by atoms with Gasteiger partial charge in [-0.05, 0) is 33.2 Å². The van der Waals surface area contributed by atoms with E-state index in [2.05, 4.69) is 10.4 Å². The Bertz CT molecular complexity index is 269. The van der Waals surface area contributed by atoms with E-state index in [9.17, 15) is 9.36 Å². The standard InChI is InChI=1S/C9H19N2O4P/c1-3-14-16(13,15-4-2)11-9(12)8-6-5-7-10-8/h8,10H,3-7H2,1-2H3,(H,11,12,13)/t8-/m1/s1. The fourth-order valence-corrected chi connectivity index (χ4v) is 2.87. The highest BCUT2D eigenvalue weighted by Crippen LogP contribution is 2.43. The molecule has 0 spiro atoms. The van der Waals surface area contributed by atoms with E-state index in [1.165, 1.54) is 0 Å². The molecule has 2 N–H and O–H groups in total. The van der Waals surface area contributed by atoms with Crippen molar-refractivity contribution in [3.05, 3.63) is 0 Å². The lowest BCUT2D eigenvalue weighted by Crippen LogP contribution is -2.39. The van der Waals surface area contributed by atoms with Crippen LogP contribution in [0.2, 0.25) is 0 Å². The van der Waals surface area contributed by atoms with Crippen molar-refractivity contribution in [1.29, 1.82) is 0 Å². The van der Waals surface area contributed by atoms with Crippen LogP contribution in [0.15, 0.2) is 0 Å². The zero-order valence-electron chi connectivity index (χ0n) is 9.69. The van der Waals surface area contributed by atoms with Gasteiger partial charge in [-0.1, -0.05) is 0 Å². The zero-order chi connectivity index (χ0) is 12.0. The van der Waals surface area contributed by atoms with Crippen LogP contribution in [0.3, 0.4) is 0 Å². The molecule has 6 nitrogen and oxygen atoms in total. The summed E-state index contributed by atoms with van der Waals surface area (Å²) in [6.45, 7) is 4.67. The van der Waals surface area contributed by atoms with Crippen LogP contribution < -0.4 is 10.4 Å². The molecule has 0 unspecified atom stereocenters. The number of hydrogen-bond acceptors (Lipinski definition) is 5. The third-order valence-electron chi connectivity index (χ3n) is 2.22. The monoisotopic (exact) mass is 250 g/mol. The van der Waals surface area contributed by atoms with Crippen LogP contribution in [0.25, 0.3) is 0 Å². The summed E-state index contributed by atoms with van der Waals surface area (Å²) in [6, 6.07) is -0.283. The maximum Gasteiger partial charge on any atom is 0.434 e. The van der Waals surface area contributed by atoms with Crippen molar-refractivity contribution in [1.82, 2.24) is 10.4 Å². The minimum atomic E-state index is -3.47. The first-order valence-corrected chi connectivity index (χ1v) is 7.10. The Hall–Kier alpha value is -0.420. The molecule has 0 aliphatic carbocycles. The van der Waals surface area contributed by atoms with Crippen LogP contribution in [-0.2, 0) is 18.4 Å². The fourth-order valence-electron chi connectivity index (χ4n) is 1.56. The van der Waals surface area contributed by atoms with Crippen LogP contribution in [0.4, 0.5) is 0 Å². The van der Waals surface area contributed by atoms with Gasteiger partial charge in [0.2, 0.25) is 5.91 Å². The number of hydrogen-bond donors (Lipinski definition) is 2. The van der Waals surface area contributed by atoms with Crippen molar-refractivity contribution < 1.29 is 18.4 Å². The van der Waals surface area contributed by atoms with E-state index < -0.39 is 7.75 Å². The van der Waals surface area contributed by atoms with Crippen molar-refractivity contribution in [3.63, 3.8) is 0 Å². The summed E-state index contributed by atoms with van der Waals surface area (Å²) >= 11 is 0. The topological polar surface area (TPSA) is 76.7 Å². The smallest absolute Gasteiger partial charge is 0.306 e. The lowest BCUT2D eigenvalue weighted by atomic mass is 10.2. The summed E-state index contributed by atoms with van der Waals surface area (Å²) in [7, 11) is -3.47. The molecule has 0 aromatic heterocycles. The molecular weight excluding hydrogens is 231 g/mol. The first-order valence-electron chi connectivity index (χ1n) is 5.56. The lowest BCUT2D eigenvalue weighted by Gasteiger charge is -2.19. The minimum absolute atomic E-state index is 0.232. The molecule has 1 amide bonds. The first kappa shape index (κ1) is 13.6. The second kappa shape index (κ2) is 6.35. The molecule has 0 radical (unpaired) electrons. The predicted octanol–water partition coefficient (Wildman–Crippen LogP) is 1.04. The van der Waals surface area contributed by atoms with Crippen molar-refractivity contribution in [3.8, 4) is 0 Å². The molecule has 1 aliphatic heterocycles. The Balaban J connectivity index is 2.53. The van der Waals surface area contributed by atoms with E-state index in [1.807, 2.05) is 0 Å². The van der Waals surface area contributed by atoms with Gasteiger partial charge in [-0.25, -0.2) is 4.57 Å². The molecule has 1 fully saturated rings. The normalized spacial score (nSPS) is 21.0. The van der Waals surface area contributed by atoms with Crippen molar-refractivity contribution in [2.45, 2.75) is 32.7 Å². The quantitative estimate of drug-likeness (QED) is 0.689. The summed E-state index contributed by atoms with van der Waals surface area (Å²) < 4.78 is 21.9. The van der Waals surface area contributed by atoms with Gasteiger partial charge in [-0.15, -0.1) is 0 Å². The van der Waals surface area contributed by atoms with E-state index in [4.69, 9.17) is 9.05 Å². The molecule has 1 aliphatic rings. The summed E-state index contributed by atoms with van der Waals surface area (Å²) in [5.41, 5.74) is 0. The van der Waals surface area contributed by atoms with Crippen molar-refractivity contribution >= 4 is 13.7 Å². The average molecular weight is 250 g/mol. The molecule has 7 heteroatoms. The molecular formula is C9H19N2O4P. The van der Waals surface area contributed by atoms with E-state index in [0.717, 1.165) is 19.4 Å². The van der Waals surface area contributed by atoms with Gasteiger partial charge in [0.1, 0.15) is 0 Å². The lowest BCUT2D eigenvalue weighted by molar-refractivity contribution is -0.121. The second-order valence-electron chi connectivity index (χ2n) is 3.46. The predicted molar refractivity (Wildman–Crippen MR) is 60.0 cm³/mol. The Morgan fingerprint density at radius 2 is 2.06 bits per heavy atom. The molecule has 0 saturated carbocycles. The van der Waals surface area contributed by atoms with Crippen molar-refractivity contribution in [2.75, 3.05) is 19.8 Å². The molecule has 16 heavy (non-hydrogen) atoms. The van der Waals surface area contributed by atoms with Gasteiger partial charge in [0, 0.05) is 0 Å². The fraction of sp³-hybridized carbons (Fsp3) is 0.889. The number of rotatable bonds is 6. The molecule has 1 atom stereocenters. The van der Waals surface area contributed by atoms with E-state index >= 15 is 0 Å². The SMILES string of the molecule is CCOP(=O)(NC(=O)[C@H]1CCCN1)OCC. The van der Waals surface area contributed by atoms with Gasteiger partial charge >= 0.3 is 7.75 Å². The van der Waals surface area contributed by atoms with E-state index in [0.29, 0.717) is 0 Å². The van der Waals surface area contributed by atoms with Crippen molar-refractivity contribution in [2.24, 2.45) is 0 Å². The maximum atomic E-state index is 12.0. The number of amides is 1. The van der Waals surface area contributed by atoms with Crippen LogP contribution in [0.5, 0.6) is 0 Å². The molecule has 1 saturated heterocycles. The zero-order valence-corrected chi connectivity index (χ0v) is 10.6. The Kier molecular flexibility index (Phi) is 5.41. The van der Waals surface area contributed by atoms with Crippen LogP contribution in [0.1, 0.15) is 26.7 Å². The molecule has 1 rings (SSSR count). The van der Waals surface area contributed by atoms with E-state index in [-0.39, 0.29) is 25.2 Å². The van der Waals surface area contributed by atoms with Gasteiger partial charge < -0.3 is 5.32 Å². The summed E-state index contributed by atoms with van der Waals surface area (Å²) in [6.07, 6.45) is 1.70. The number of nitrogens with one attached hydrogen (secondary N) is 2. The Labute approximate surface area is 95.7 Å². The molecule has 0 aromatic carbocycles. The Morgan fingerprint density at radius 1 is 1.44 bits per heavy atom. The second-order valence-corrected chi connectivity index (χ2v) is 5.19. The Morgan fingerprint density at radius 3 is 2.50 bits per heavy atom. The molecule has 94 valence electrons. The molecule has 0 aromatic rings. The molecule has 0 bridgehead atoms. The highest BCUT2D eigenvalue weighted by Gasteiger charge is 2.31. The van der Waals surface area contributed by atoms with Gasteiger partial charge in [-0.3, -0.25) is 18.9 Å². The number of carbonyl (C=O) groups is 1. The number of carbonyl (C=O) groups excluding carboxylic acids is 1. The van der Waals surface area contributed by atoms with Gasteiger partial charge in [0.15, 0.2) is 0 Å². The third kappa shape index (κ3) is 3.87. The summed E-state index contributed by atoms with van der Waals surface area (Å²) in [5, 5.41) is 5.37. The van der Waals surface area contributed by atoms with Crippen LogP contribution in [0, 0.1) is 0 Å². The minimum Gasteiger partial charge on any atom is -0.306 e. The van der Waals surface area contributed by atoms with E-state index in [1.54, 1.807) is 13.8 Å². The first-order chi connectivity index (χ1) is 7.61. The maximum absolute atomic E-state index is 12.0. The van der Waals surface area contributed by atoms with Gasteiger partial charge in [0.25, 0.3) is 0 Å². The van der Waals surface area contributed by atoms with Gasteiger partial charge in [-0.2, -0.15) is 0 Å². The highest BCUT2D eigenvalue weighted by molar-refractivity contribution is 7.52. The third-order valence-corrected chi connectivity index (χ3v) is 3.91. The molecule has 1 heterocycles. The largest absolute Gasteiger partial charge is 0.434 e. The van der Waals surface area contributed by atoms with Gasteiger partial charge in [0.05, 0.1) is 19.3 Å². The van der Waals surface area contributed by atoms with Crippen LogP contribution in [-0.4, -0.2) is 31.7 Å². The summed E-state index contributed by atoms with van der Waals surface area (Å²) in [5.74, 6) is -0.317.